The Kier molecular flexibility index (Phi) is 3.01. The van der Waals surface area contributed by atoms with Crippen LogP contribution in [0.3, 0.4) is 0 Å². The highest BCUT2D eigenvalue weighted by atomic mass is 32.2. The van der Waals surface area contributed by atoms with Crippen LogP contribution in [0.5, 0.6) is 0 Å². The summed E-state index contributed by atoms with van der Waals surface area (Å²) in [6, 6.07) is 0. The Morgan fingerprint density at radius 2 is 1.94 bits per heavy atom. The molecule has 0 radical (unpaired) electrons. The number of aryl methyl sites for hydroxylation is 3. The molecule has 0 spiro atoms. The molecular weight excluding hydrogens is 238 g/mol. The predicted octanol–water partition coefficient (Wildman–Crippen LogP) is 1.13. The summed E-state index contributed by atoms with van der Waals surface area (Å²) < 4.78 is 3.56. The van der Waals surface area contributed by atoms with Gasteiger partial charge in [-0.05, 0) is 25.6 Å². The summed E-state index contributed by atoms with van der Waals surface area (Å²) in [5, 5.41) is 13.8. The molecule has 2 heterocycles. The van der Waals surface area contributed by atoms with E-state index in [0.717, 1.165) is 28.0 Å². The van der Waals surface area contributed by atoms with Crippen LogP contribution in [-0.4, -0.2) is 30.8 Å². The highest BCUT2D eigenvalue weighted by Crippen LogP contribution is 2.29. The molecule has 0 saturated carbocycles. The fourth-order valence-electron chi connectivity index (χ4n) is 1.47. The van der Waals surface area contributed by atoms with Crippen LogP contribution in [0.4, 0.5) is 0 Å². The zero-order valence-corrected chi connectivity index (χ0v) is 10.9. The van der Waals surface area contributed by atoms with E-state index >= 15 is 0 Å². The van der Waals surface area contributed by atoms with Gasteiger partial charge in [0, 0.05) is 14.1 Å². The van der Waals surface area contributed by atoms with E-state index in [2.05, 4.69) is 15.3 Å². The Morgan fingerprint density at radius 1 is 1.24 bits per heavy atom. The first-order chi connectivity index (χ1) is 8.04. The van der Waals surface area contributed by atoms with Crippen molar-refractivity contribution in [1.82, 2.24) is 24.5 Å². The maximum atomic E-state index is 11.0. The summed E-state index contributed by atoms with van der Waals surface area (Å²) in [6.45, 7) is 3.70. The molecule has 90 valence electrons. The van der Waals surface area contributed by atoms with Gasteiger partial charge < -0.3 is 4.57 Å². The van der Waals surface area contributed by atoms with Crippen LogP contribution in [0.2, 0.25) is 0 Å². The standard InChI is InChI=1S/C10H13N5OS/c1-6-8(5-16)9(15(4)13-6)17-10-12-11-7(2)14(10)3/h5H,1-4H3. The van der Waals surface area contributed by atoms with Crippen LogP contribution in [0, 0.1) is 13.8 Å². The minimum Gasteiger partial charge on any atom is -0.309 e. The zero-order chi connectivity index (χ0) is 12.6. The summed E-state index contributed by atoms with van der Waals surface area (Å²) in [6.07, 6.45) is 0.827. The normalized spacial score (nSPS) is 10.8. The van der Waals surface area contributed by atoms with Gasteiger partial charge in [-0.3, -0.25) is 9.48 Å². The number of aldehydes is 1. The van der Waals surface area contributed by atoms with E-state index in [0.29, 0.717) is 5.56 Å². The van der Waals surface area contributed by atoms with Gasteiger partial charge >= 0.3 is 0 Å². The fourth-order valence-corrected chi connectivity index (χ4v) is 2.48. The third-order valence-electron chi connectivity index (χ3n) is 2.57. The largest absolute Gasteiger partial charge is 0.309 e. The van der Waals surface area contributed by atoms with Crippen molar-refractivity contribution in [1.29, 1.82) is 0 Å². The summed E-state index contributed by atoms with van der Waals surface area (Å²) >= 11 is 1.39. The first kappa shape index (κ1) is 11.8. The van der Waals surface area contributed by atoms with E-state index in [1.165, 1.54) is 11.8 Å². The number of hydrogen-bond donors (Lipinski definition) is 0. The van der Waals surface area contributed by atoms with Gasteiger partial charge in [0.2, 0.25) is 0 Å². The summed E-state index contributed by atoms with van der Waals surface area (Å²) in [4.78, 5) is 11.0. The molecule has 0 aliphatic heterocycles. The number of nitrogens with zero attached hydrogens (tertiary/aromatic N) is 5. The van der Waals surface area contributed by atoms with Crippen LogP contribution in [-0.2, 0) is 14.1 Å². The molecule has 2 aromatic heterocycles. The Morgan fingerprint density at radius 3 is 2.47 bits per heavy atom. The Labute approximate surface area is 103 Å². The van der Waals surface area contributed by atoms with Gasteiger partial charge in [-0.1, -0.05) is 0 Å². The molecule has 2 rings (SSSR count). The van der Waals surface area contributed by atoms with Crippen LogP contribution in [0.15, 0.2) is 10.2 Å². The molecule has 7 heteroatoms. The predicted molar refractivity (Wildman–Crippen MR) is 63.2 cm³/mol. The molecule has 2 aromatic rings. The Balaban J connectivity index is 2.42. The molecule has 6 nitrogen and oxygen atoms in total. The molecule has 0 bridgehead atoms. The maximum absolute atomic E-state index is 11.0. The molecule has 0 N–H and O–H groups in total. The Hall–Kier alpha value is -1.63. The van der Waals surface area contributed by atoms with Crippen LogP contribution < -0.4 is 0 Å². The number of aromatic nitrogens is 5. The molecule has 0 amide bonds. The van der Waals surface area contributed by atoms with Gasteiger partial charge in [0.15, 0.2) is 11.4 Å². The highest BCUT2D eigenvalue weighted by Gasteiger charge is 2.16. The lowest BCUT2D eigenvalue weighted by atomic mass is 10.3. The number of rotatable bonds is 3. The monoisotopic (exact) mass is 251 g/mol. The second-order valence-electron chi connectivity index (χ2n) is 3.74. The highest BCUT2D eigenvalue weighted by molar-refractivity contribution is 7.99. The average molecular weight is 251 g/mol. The van der Waals surface area contributed by atoms with Gasteiger partial charge in [-0.15, -0.1) is 10.2 Å². The molecule has 0 fully saturated rings. The fraction of sp³-hybridized carbons (Fsp3) is 0.400. The van der Waals surface area contributed by atoms with Crippen LogP contribution in [0.25, 0.3) is 0 Å². The molecule has 0 unspecified atom stereocenters. The molecule has 17 heavy (non-hydrogen) atoms. The molecule has 0 aliphatic carbocycles. The van der Waals surface area contributed by atoms with E-state index in [4.69, 9.17) is 0 Å². The van der Waals surface area contributed by atoms with Crippen molar-refractivity contribution in [3.63, 3.8) is 0 Å². The smallest absolute Gasteiger partial charge is 0.197 e. The lowest BCUT2D eigenvalue weighted by Gasteiger charge is -2.02. The number of carbonyl (C=O) groups is 1. The minimum atomic E-state index is 0.609. The quantitative estimate of drug-likeness (QED) is 0.765. The first-order valence-corrected chi connectivity index (χ1v) is 5.89. The van der Waals surface area contributed by atoms with Gasteiger partial charge in [0.25, 0.3) is 0 Å². The third-order valence-corrected chi connectivity index (χ3v) is 3.79. The van der Waals surface area contributed by atoms with Crippen molar-refractivity contribution in [2.75, 3.05) is 0 Å². The average Bonchev–Trinajstić information content (AvgIpc) is 2.73. The van der Waals surface area contributed by atoms with Crippen molar-refractivity contribution in [2.45, 2.75) is 24.0 Å². The number of carbonyl (C=O) groups excluding carboxylic acids is 1. The van der Waals surface area contributed by atoms with Gasteiger partial charge in [0.05, 0.1) is 11.3 Å². The van der Waals surface area contributed by atoms with E-state index in [1.807, 2.05) is 32.5 Å². The summed E-state index contributed by atoms with van der Waals surface area (Å²) in [7, 11) is 3.70. The van der Waals surface area contributed by atoms with Crippen molar-refractivity contribution in [3.05, 3.63) is 17.1 Å². The molecular formula is C10H13N5OS. The Bertz CT molecular complexity index is 572. The van der Waals surface area contributed by atoms with Crippen LogP contribution >= 0.6 is 11.8 Å². The maximum Gasteiger partial charge on any atom is 0.197 e. The van der Waals surface area contributed by atoms with Crippen molar-refractivity contribution >= 4 is 18.0 Å². The van der Waals surface area contributed by atoms with Crippen LogP contribution in [0.1, 0.15) is 21.9 Å². The molecule has 0 aromatic carbocycles. The first-order valence-electron chi connectivity index (χ1n) is 5.07. The van der Waals surface area contributed by atoms with Crippen molar-refractivity contribution in [3.8, 4) is 0 Å². The van der Waals surface area contributed by atoms with Gasteiger partial charge in [-0.25, -0.2) is 0 Å². The molecule has 0 atom stereocenters. The second kappa shape index (κ2) is 4.33. The van der Waals surface area contributed by atoms with Gasteiger partial charge in [0.1, 0.15) is 10.9 Å². The lowest BCUT2D eigenvalue weighted by Crippen LogP contribution is -1.97. The molecule has 0 aliphatic rings. The SMILES string of the molecule is Cc1nn(C)c(Sc2nnc(C)n2C)c1C=O. The lowest BCUT2D eigenvalue weighted by molar-refractivity contribution is 0.112. The minimum absolute atomic E-state index is 0.609. The number of hydrogen-bond acceptors (Lipinski definition) is 5. The van der Waals surface area contributed by atoms with E-state index in [9.17, 15) is 4.79 Å². The van der Waals surface area contributed by atoms with E-state index < -0.39 is 0 Å². The second-order valence-corrected chi connectivity index (χ2v) is 4.69. The third kappa shape index (κ3) is 1.97. The van der Waals surface area contributed by atoms with Crippen molar-refractivity contribution < 1.29 is 4.79 Å². The van der Waals surface area contributed by atoms with E-state index in [1.54, 1.807) is 4.68 Å². The van der Waals surface area contributed by atoms with Gasteiger partial charge in [-0.2, -0.15) is 5.10 Å². The molecule has 0 saturated heterocycles. The zero-order valence-electron chi connectivity index (χ0n) is 10.1. The van der Waals surface area contributed by atoms with E-state index in [-0.39, 0.29) is 0 Å². The van der Waals surface area contributed by atoms with Crippen molar-refractivity contribution in [2.24, 2.45) is 14.1 Å². The topological polar surface area (TPSA) is 65.6 Å². The summed E-state index contributed by atoms with van der Waals surface area (Å²) in [5.41, 5.74) is 1.34. The summed E-state index contributed by atoms with van der Waals surface area (Å²) in [5.74, 6) is 0.832.